The largest absolute Gasteiger partial charge is 0.307 e. The molecule has 11 rings (SSSR count). The van der Waals surface area contributed by atoms with Crippen LogP contribution in [0, 0.1) is 0 Å². The van der Waals surface area contributed by atoms with E-state index >= 15 is 0 Å². The standard InChI is InChI=1S/C46H28N4S/c1-4-16-29(17-5-1)35-28-39(48-46(47-35)30-18-6-2-7-19-30)50-37-26-14-10-22-32(37)40-41-34-24-12-15-27-38(34)51-45(41)42-33-23-11-13-25-36(33)49(44(42)43(40)50)31-20-8-3-9-21-31/h1-28H. The Morgan fingerprint density at radius 1 is 0.431 bits per heavy atom. The molecule has 0 fully saturated rings. The predicted octanol–water partition coefficient (Wildman–Crippen LogP) is 12.4. The molecule has 4 nitrogen and oxygen atoms in total. The van der Waals surface area contributed by atoms with Crippen LogP contribution in [0.5, 0.6) is 0 Å². The van der Waals surface area contributed by atoms with Crippen LogP contribution in [0.1, 0.15) is 0 Å². The van der Waals surface area contributed by atoms with Crippen molar-refractivity contribution in [1.82, 2.24) is 19.1 Å². The molecule has 4 heterocycles. The normalized spacial score (nSPS) is 11.9. The van der Waals surface area contributed by atoms with Gasteiger partial charge in [0.2, 0.25) is 0 Å². The first-order valence-electron chi connectivity index (χ1n) is 17.2. The predicted molar refractivity (Wildman–Crippen MR) is 214 cm³/mol. The van der Waals surface area contributed by atoms with Crippen molar-refractivity contribution in [3.05, 3.63) is 170 Å². The Morgan fingerprint density at radius 2 is 0.980 bits per heavy atom. The van der Waals surface area contributed by atoms with E-state index in [9.17, 15) is 0 Å². The number of thiophene rings is 1. The fourth-order valence-electron chi connectivity index (χ4n) is 7.99. The van der Waals surface area contributed by atoms with Crippen molar-refractivity contribution in [3.8, 4) is 34.2 Å². The van der Waals surface area contributed by atoms with E-state index in [1.165, 1.54) is 52.8 Å². The van der Waals surface area contributed by atoms with Crippen molar-refractivity contribution in [1.29, 1.82) is 0 Å². The van der Waals surface area contributed by atoms with Crippen LogP contribution in [0.25, 0.3) is 97.9 Å². The number of aromatic nitrogens is 4. The second kappa shape index (κ2) is 11.0. The van der Waals surface area contributed by atoms with Crippen LogP contribution in [0.3, 0.4) is 0 Å². The average molecular weight is 669 g/mol. The Kier molecular flexibility index (Phi) is 6.09. The van der Waals surface area contributed by atoms with E-state index in [1.54, 1.807) is 0 Å². The van der Waals surface area contributed by atoms with E-state index in [1.807, 2.05) is 35.6 Å². The molecule has 11 aromatic rings. The number of nitrogens with zero attached hydrogens (tertiary/aromatic N) is 4. The molecule has 4 aromatic heterocycles. The molecule has 5 heteroatoms. The monoisotopic (exact) mass is 668 g/mol. The first kappa shape index (κ1) is 28.3. The quantitative estimate of drug-likeness (QED) is 0.187. The number of hydrogen-bond donors (Lipinski definition) is 0. The lowest BCUT2D eigenvalue weighted by Gasteiger charge is -2.14. The van der Waals surface area contributed by atoms with Crippen LogP contribution in [0.4, 0.5) is 0 Å². The Labute approximate surface area is 297 Å². The van der Waals surface area contributed by atoms with Gasteiger partial charge in [0.25, 0.3) is 0 Å². The van der Waals surface area contributed by atoms with Gasteiger partial charge in [0, 0.05) is 64.6 Å². The summed E-state index contributed by atoms with van der Waals surface area (Å²) < 4.78 is 7.46. The lowest BCUT2D eigenvalue weighted by molar-refractivity contribution is 1.05. The Hall–Kier alpha value is -6.56. The highest BCUT2D eigenvalue weighted by molar-refractivity contribution is 7.27. The van der Waals surface area contributed by atoms with Crippen molar-refractivity contribution >= 4 is 75.1 Å². The molecule has 0 radical (unpaired) electrons. The van der Waals surface area contributed by atoms with Gasteiger partial charge in [0.15, 0.2) is 5.82 Å². The summed E-state index contributed by atoms with van der Waals surface area (Å²) in [6.07, 6.45) is 0. The first-order valence-corrected chi connectivity index (χ1v) is 18.0. The lowest BCUT2D eigenvalue weighted by Crippen LogP contribution is -2.04. The Morgan fingerprint density at radius 3 is 1.71 bits per heavy atom. The highest BCUT2D eigenvalue weighted by atomic mass is 32.1. The number of para-hydroxylation sites is 3. The summed E-state index contributed by atoms with van der Waals surface area (Å²) in [5.74, 6) is 1.53. The van der Waals surface area contributed by atoms with Gasteiger partial charge >= 0.3 is 0 Å². The van der Waals surface area contributed by atoms with Gasteiger partial charge in [0.1, 0.15) is 5.82 Å². The fourth-order valence-corrected chi connectivity index (χ4v) is 9.26. The third-order valence-electron chi connectivity index (χ3n) is 10.1. The maximum Gasteiger partial charge on any atom is 0.162 e. The molecule has 0 aliphatic rings. The lowest BCUT2D eigenvalue weighted by atomic mass is 10.0. The van der Waals surface area contributed by atoms with Crippen LogP contribution in [0.15, 0.2) is 170 Å². The smallest absolute Gasteiger partial charge is 0.162 e. The minimum absolute atomic E-state index is 0.694. The minimum atomic E-state index is 0.694. The SMILES string of the molecule is c1ccc(-c2cc(-n3c4ccccc4c4c5c6ccccc6sc5c5c6ccccc6n(-c6ccccc6)c5c43)nc(-c3ccccc3)n2)cc1. The van der Waals surface area contributed by atoms with Crippen LogP contribution in [-0.2, 0) is 0 Å². The van der Waals surface area contributed by atoms with Crippen molar-refractivity contribution in [3.63, 3.8) is 0 Å². The molecule has 7 aromatic carbocycles. The molecule has 0 N–H and O–H groups in total. The van der Waals surface area contributed by atoms with E-state index in [0.717, 1.165) is 39.4 Å². The molecule has 0 unspecified atom stereocenters. The van der Waals surface area contributed by atoms with E-state index in [-0.39, 0.29) is 0 Å². The van der Waals surface area contributed by atoms with Crippen LogP contribution in [0.2, 0.25) is 0 Å². The molecule has 0 aliphatic carbocycles. The van der Waals surface area contributed by atoms with Crippen LogP contribution < -0.4 is 0 Å². The molecule has 0 bridgehead atoms. The summed E-state index contributed by atoms with van der Waals surface area (Å²) in [4.78, 5) is 10.6. The molecule has 0 aliphatic heterocycles. The second-order valence-corrected chi connectivity index (χ2v) is 14.0. The van der Waals surface area contributed by atoms with Gasteiger partial charge in [-0.15, -0.1) is 11.3 Å². The molecular weight excluding hydrogens is 641 g/mol. The molecule has 0 saturated heterocycles. The summed E-state index contributed by atoms with van der Waals surface area (Å²) in [5, 5.41) is 7.53. The molecular formula is C46H28N4S. The van der Waals surface area contributed by atoms with E-state index in [0.29, 0.717) is 5.82 Å². The third kappa shape index (κ3) is 4.13. The zero-order valence-electron chi connectivity index (χ0n) is 27.4. The van der Waals surface area contributed by atoms with Crippen LogP contribution >= 0.6 is 11.3 Å². The van der Waals surface area contributed by atoms with Gasteiger partial charge in [-0.3, -0.25) is 4.57 Å². The number of benzene rings is 7. The molecule has 51 heavy (non-hydrogen) atoms. The maximum absolute atomic E-state index is 5.41. The van der Waals surface area contributed by atoms with Gasteiger partial charge in [-0.05, 0) is 30.3 Å². The Bertz CT molecular complexity index is 3060. The van der Waals surface area contributed by atoms with Crippen molar-refractivity contribution in [2.75, 3.05) is 0 Å². The topological polar surface area (TPSA) is 35.6 Å². The highest BCUT2D eigenvalue weighted by Crippen LogP contribution is 2.51. The third-order valence-corrected chi connectivity index (χ3v) is 11.3. The molecule has 0 spiro atoms. The fraction of sp³-hybridized carbons (Fsp3) is 0. The maximum atomic E-state index is 5.41. The van der Waals surface area contributed by atoms with Gasteiger partial charge in [0.05, 0.1) is 27.8 Å². The number of rotatable bonds is 4. The van der Waals surface area contributed by atoms with Crippen molar-refractivity contribution in [2.24, 2.45) is 0 Å². The van der Waals surface area contributed by atoms with E-state index in [2.05, 4.69) is 155 Å². The van der Waals surface area contributed by atoms with E-state index in [4.69, 9.17) is 9.97 Å². The average Bonchev–Trinajstić information content (AvgIpc) is 3.87. The zero-order chi connectivity index (χ0) is 33.5. The summed E-state index contributed by atoms with van der Waals surface area (Å²) >= 11 is 1.89. The minimum Gasteiger partial charge on any atom is -0.307 e. The molecule has 0 saturated carbocycles. The second-order valence-electron chi connectivity index (χ2n) is 13.0. The molecule has 0 amide bonds. The van der Waals surface area contributed by atoms with Crippen molar-refractivity contribution < 1.29 is 0 Å². The van der Waals surface area contributed by atoms with Gasteiger partial charge < -0.3 is 4.57 Å². The molecule has 0 atom stereocenters. The highest BCUT2D eigenvalue weighted by Gasteiger charge is 2.27. The summed E-state index contributed by atoms with van der Waals surface area (Å²) in [6, 6.07) is 60.2. The number of hydrogen-bond acceptors (Lipinski definition) is 3. The summed E-state index contributed by atoms with van der Waals surface area (Å²) in [5.41, 5.74) is 8.64. The van der Waals surface area contributed by atoms with E-state index < -0.39 is 0 Å². The van der Waals surface area contributed by atoms with Gasteiger partial charge in [-0.2, -0.15) is 0 Å². The van der Waals surface area contributed by atoms with Gasteiger partial charge in [-0.1, -0.05) is 133 Å². The first-order chi connectivity index (χ1) is 25.3. The van der Waals surface area contributed by atoms with Crippen LogP contribution in [-0.4, -0.2) is 19.1 Å². The zero-order valence-corrected chi connectivity index (χ0v) is 28.2. The number of fused-ring (bicyclic) bond motifs is 12. The Balaban J connectivity index is 1.42. The van der Waals surface area contributed by atoms with Gasteiger partial charge in [-0.25, -0.2) is 9.97 Å². The molecule has 238 valence electrons. The van der Waals surface area contributed by atoms with Crippen molar-refractivity contribution in [2.45, 2.75) is 0 Å². The summed E-state index contributed by atoms with van der Waals surface area (Å²) in [6.45, 7) is 0. The summed E-state index contributed by atoms with van der Waals surface area (Å²) in [7, 11) is 0.